The fourth-order valence-electron chi connectivity index (χ4n) is 4.44. The topological polar surface area (TPSA) is 96.0 Å². The van der Waals surface area contributed by atoms with Gasteiger partial charge in [-0.3, -0.25) is 13.9 Å². The fourth-order valence-corrected chi connectivity index (χ4v) is 5.88. The van der Waals surface area contributed by atoms with E-state index in [1.807, 2.05) is 52.0 Å². The highest BCUT2D eigenvalue weighted by Crippen LogP contribution is 2.32. The molecule has 0 aliphatic rings. The summed E-state index contributed by atoms with van der Waals surface area (Å²) >= 11 is 0. The highest BCUT2D eigenvalue weighted by Gasteiger charge is 2.34. The lowest BCUT2D eigenvalue weighted by Crippen LogP contribution is -2.53. The molecular formula is C31H39N3O5S. The molecule has 2 atom stereocenters. The number of sulfonamides is 1. The summed E-state index contributed by atoms with van der Waals surface area (Å²) in [6.07, 6.45) is 1.10. The number of carbonyl (C=O) groups excluding carboxylic acids is 2. The van der Waals surface area contributed by atoms with Crippen LogP contribution in [-0.2, 0) is 26.2 Å². The highest BCUT2D eigenvalue weighted by atomic mass is 32.2. The molecule has 0 fully saturated rings. The van der Waals surface area contributed by atoms with Gasteiger partial charge < -0.3 is 15.0 Å². The number of para-hydroxylation sites is 2. The molecule has 8 nitrogen and oxygen atoms in total. The summed E-state index contributed by atoms with van der Waals surface area (Å²) in [6.45, 7) is 7.32. The molecule has 40 heavy (non-hydrogen) atoms. The van der Waals surface area contributed by atoms with Crippen molar-refractivity contribution < 1.29 is 22.7 Å². The number of hydrogen-bond donors (Lipinski definition) is 1. The van der Waals surface area contributed by atoms with Gasteiger partial charge in [0, 0.05) is 12.6 Å². The molecule has 0 spiro atoms. The van der Waals surface area contributed by atoms with Crippen molar-refractivity contribution in [3.8, 4) is 5.75 Å². The number of rotatable bonds is 13. The maximum absolute atomic E-state index is 14.2. The van der Waals surface area contributed by atoms with Crippen LogP contribution in [0.15, 0.2) is 83.8 Å². The van der Waals surface area contributed by atoms with E-state index >= 15 is 0 Å². The molecule has 214 valence electrons. The standard InChI is InChI=1S/C31H39N3O5S/c1-6-24(4)32-31(36)27(7-2)33(21-25-15-13-14-23(3)20-25)30(35)22-34(28-18-11-12-19-29(28)39-5)40(37,38)26-16-9-8-10-17-26/h8-20,24,27H,6-7,21-22H2,1-5H3,(H,32,36)/t24-,27-/m0/s1. The summed E-state index contributed by atoms with van der Waals surface area (Å²) in [6, 6.07) is 21.5. The van der Waals surface area contributed by atoms with Gasteiger partial charge in [0.25, 0.3) is 10.0 Å². The summed E-state index contributed by atoms with van der Waals surface area (Å²) in [7, 11) is -2.72. The minimum atomic E-state index is -4.17. The second kappa shape index (κ2) is 14.0. The van der Waals surface area contributed by atoms with E-state index in [1.54, 1.807) is 42.5 Å². The zero-order chi connectivity index (χ0) is 29.3. The second-order valence-corrected chi connectivity index (χ2v) is 11.6. The number of anilines is 1. The third kappa shape index (κ3) is 7.41. The van der Waals surface area contributed by atoms with Crippen molar-refractivity contribution in [3.63, 3.8) is 0 Å². The zero-order valence-electron chi connectivity index (χ0n) is 23.8. The van der Waals surface area contributed by atoms with Gasteiger partial charge >= 0.3 is 0 Å². The van der Waals surface area contributed by atoms with E-state index in [2.05, 4.69) is 5.32 Å². The molecular weight excluding hydrogens is 526 g/mol. The van der Waals surface area contributed by atoms with Crippen LogP contribution in [0.1, 0.15) is 44.7 Å². The molecule has 0 saturated heterocycles. The van der Waals surface area contributed by atoms with Gasteiger partial charge in [-0.2, -0.15) is 0 Å². The molecule has 0 radical (unpaired) electrons. The average molecular weight is 566 g/mol. The van der Waals surface area contributed by atoms with E-state index in [-0.39, 0.29) is 29.1 Å². The molecule has 0 aliphatic carbocycles. The van der Waals surface area contributed by atoms with Crippen molar-refractivity contribution in [1.82, 2.24) is 10.2 Å². The number of hydrogen-bond acceptors (Lipinski definition) is 5. The molecule has 3 aromatic rings. The third-order valence-corrected chi connectivity index (χ3v) is 8.56. The molecule has 0 aliphatic heterocycles. The first kappa shape index (κ1) is 30.7. The molecule has 0 aromatic heterocycles. The van der Waals surface area contributed by atoms with E-state index in [9.17, 15) is 18.0 Å². The summed E-state index contributed by atoms with van der Waals surface area (Å²) in [4.78, 5) is 29.0. The van der Waals surface area contributed by atoms with Gasteiger partial charge in [0.05, 0.1) is 17.7 Å². The Morgan fingerprint density at radius 1 is 0.925 bits per heavy atom. The molecule has 0 unspecified atom stereocenters. The normalized spacial score (nSPS) is 12.7. The molecule has 3 rings (SSSR count). The molecule has 0 saturated carbocycles. The smallest absolute Gasteiger partial charge is 0.264 e. The Labute approximate surface area is 238 Å². The Hall–Kier alpha value is -3.85. The Morgan fingerprint density at radius 2 is 1.60 bits per heavy atom. The van der Waals surface area contributed by atoms with Crippen molar-refractivity contribution >= 4 is 27.5 Å². The molecule has 3 aromatic carbocycles. The number of carbonyl (C=O) groups is 2. The third-order valence-electron chi connectivity index (χ3n) is 6.79. The zero-order valence-corrected chi connectivity index (χ0v) is 24.6. The van der Waals surface area contributed by atoms with Crippen molar-refractivity contribution in [3.05, 3.63) is 90.0 Å². The molecule has 9 heteroatoms. The van der Waals surface area contributed by atoms with Gasteiger partial charge in [0.1, 0.15) is 18.3 Å². The lowest BCUT2D eigenvalue weighted by Gasteiger charge is -2.34. The number of nitrogens with zero attached hydrogens (tertiary/aromatic N) is 2. The predicted octanol–water partition coefficient (Wildman–Crippen LogP) is 4.92. The van der Waals surface area contributed by atoms with Crippen molar-refractivity contribution in [2.24, 2.45) is 0 Å². The van der Waals surface area contributed by atoms with Gasteiger partial charge in [-0.15, -0.1) is 0 Å². The van der Waals surface area contributed by atoms with E-state index in [0.717, 1.165) is 21.9 Å². The van der Waals surface area contributed by atoms with Gasteiger partial charge in [0.2, 0.25) is 11.8 Å². The van der Waals surface area contributed by atoms with Crippen LogP contribution >= 0.6 is 0 Å². The summed E-state index contributed by atoms with van der Waals surface area (Å²) in [5.41, 5.74) is 2.09. The monoisotopic (exact) mass is 565 g/mol. The number of nitrogens with one attached hydrogen (secondary N) is 1. The maximum Gasteiger partial charge on any atom is 0.264 e. The summed E-state index contributed by atoms with van der Waals surface area (Å²) in [5.74, 6) is -0.465. The average Bonchev–Trinajstić information content (AvgIpc) is 2.96. The lowest BCUT2D eigenvalue weighted by molar-refractivity contribution is -0.140. The predicted molar refractivity (Wildman–Crippen MR) is 158 cm³/mol. The van der Waals surface area contributed by atoms with Crippen LogP contribution in [0.25, 0.3) is 0 Å². The van der Waals surface area contributed by atoms with Crippen molar-refractivity contribution in [2.45, 2.75) is 64.1 Å². The molecule has 0 heterocycles. The first-order chi connectivity index (χ1) is 19.1. The number of aryl methyl sites for hydroxylation is 1. The fraction of sp³-hybridized carbons (Fsp3) is 0.355. The van der Waals surface area contributed by atoms with Crippen LogP contribution in [0.5, 0.6) is 5.75 Å². The quantitative estimate of drug-likeness (QED) is 0.317. The van der Waals surface area contributed by atoms with Crippen LogP contribution in [0, 0.1) is 6.92 Å². The maximum atomic E-state index is 14.2. The number of ether oxygens (including phenoxy) is 1. The van der Waals surface area contributed by atoms with Gasteiger partial charge in [-0.05, 0) is 56.5 Å². The molecule has 0 bridgehead atoms. The Bertz CT molecular complexity index is 1390. The van der Waals surface area contributed by atoms with Gasteiger partial charge in [-0.1, -0.05) is 74.0 Å². The van der Waals surface area contributed by atoms with Crippen LogP contribution in [0.4, 0.5) is 5.69 Å². The van der Waals surface area contributed by atoms with Crippen LogP contribution in [0.3, 0.4) is 0 Å². The van der Waals surface area contributed by atoms with E-state index in [1.165, 1.54) is 24.1 Å². The lowest BCUT2D eigenvalue weighted by atomic mass is 10.1. The molecule has 2 amide bonds. The number of benzene rings is 3. The Kier molecular flexibility index (Phi) is 10.7. The number of amides is 2. The summed E-state index contributed by atoms with van der Waals surface area (Å²) in [5, 5.41) is 2.99. The summed E-state index contributed by atoms with van der Waals surface area (Å²) < 4.78 is 34.4. The Balaban J connectivity index is 2.09. The minimum absolute atomic E-state index is 0.0421. The van der Waals surface area contributed by atoms with Gasteiger partial charge in [0.15, 0.2) is 0 Å². The second-order valence-electron chi connectivity index (χ2n) is 9.75. The van der Waals surface area contributed by atoms with E-state index in [0.29, 0.717) is 12.2 Å². The van der Waals surface area contributed by atoms with Crippen LogP contribution in [-0.4, -0.2) is 50.9 Å². The first-order valence-corrected chi connectivity index (χ1v) is 14.9. The van der Waals surface area contributed by atoms with Crippen LogP contribution < -0.4 is 14.4 Å². The van der Waals surface area contributed by atoms with Crippen molar-refractivity contribution in [1.29, 1.82) is 0 Å². The van der Waals surface area contributed by atoms with E-state index < -0.39 is 28.5 Å². The largest absolute Gasteiger partial charge is 0.495 e. The molecule has 1 N–H and O–H groups in total. The minimum Gasteiger partial charge on any atom is -0.495 e. The Morgan fingerprint density at radius 3 is 2.23 bits per heavy atom. The van der Waals surface area contributed by atoms with E-state index in [4.69, 9.17) is 4.74 Å². The van der Waals surface area contributed by atoms with Crippen molar-refractivity contribution in [2.75, 3.05) is 18.0 Å². The number of methoxy groups -OCH3 is 1. The highest BCUT2D eigenvalue weighted by molar-refractivity contribution is 7.92. The SMILES string of the molecule is CC[C@H](C)NC(=O)[C@H](CC)N(Cc1cccc(C)c1)C(=O)CN(c1ccccc1OC)S(=O)(=O)c1ccccc1. The van der Waals surface area contributed by atoms with Crippen LogP contribution in [0.2, 0.25) is 0 Å². The van der Waals surface area contributed by atoms with Gasteiger partial charge in [-0.25, -0.2) is 8.42 Å². The first-order valence-electron chi connectivity index (χ1n) is 13.5.